The summed E-state index contributed by atoms with van der Waals surface area (Å²) in [6, 6.07) is 14.3. The predicted molar refractivity (Wildman–Crippen MR) is 95.8 cm³/mol. The van der Waals surface area contributed by atoms with Gasteiger partial charge in [0.2, 0.25) is 5.91 Å². The molecule has 1 aliphatic rings. The number of nitrogens with zero attached hydrogens (tertiary/aromatic N) is 3. The Labute approximate surface area is 143 Å². The second-order valence-corrected chi connectivity index (χ2v) is 5.99. The van der Waals surface area contributed by atoms with Crippen LogP contribution in [-0.2, 0) is 11.3 Å². The number of carbonyl (C=O) groups excluding carboxylic acids is 1. The summed E-state index contributed by atoms with van der Waals surface area (Å²) in [5.41, 5.74) is 2.38. The van der Waals surface area contributed by atoms with Gasteiger partial charge in [0, 0.05) is 63.8 Å². The second-order valence-electron chi connectivity index (χ2n) is 5.99. The van der Waals surface area contributed by atoms with E-state index in [1.165, 1.54) is 5.69 Å². The first-order valence-corrected chi connectivity index (χ1v) is 8.50. The molecule has 5 heteroatoms. The molecule has 1 saturated heterocycles. The van der Waals surface area contributed by atoms with Crippen molar-refractivity contribution in [1.29, 1.82) is 0 Å². The summed E-state index contributed by atoms with van der Waals surface area (Å²) >= 11 is 0. The van der Waals surface area contributed by atoms with Crippen molar-refractivity contribution in [3.05, 3.63) is 60.4 Å². The van der Waals surface area contributed by atoms with E-state index in [-0.39, 0.29) is 5.91 Å². The first kappa shape index (κ1) is 16.5. The minimum Gasteiger partial charge on any atom is -0.368 e. The Morgan fingerprint density at radius 1 is 1.04 bits per heavy atom. The number of nitrogens with one attached hydrogen (secondary N) is 1. The van der Waals surface area contributed by atoms with Crippen LogP contribution in [0.2, 0.25) is 0 Å². The molecule has 5 nitrogen and oxygen atoms in total. The Morgan fingerprint density at radius 2 is 1.83 bits per heavy atom. The van der Waals surface area contributed by atoms with E-state index in [4.69, 9.17) is 0 Å². The molecular formula is C19H24N4O. The van der Waals surface area contributed by atoms with Crippen LogP contribution in [0.1, 0.15) is 12.0 Å². The number of para-hydroxylation sites is 1. The van der Waals surface area contributed by atoms with Gasteiger partial charge in [0.05, 0.1) is 0 Å². The monoisotopic (exact) mass is 324 g/mol. The smallest absolute Gasteiger partial charge is 0.223 e. The van der Waals surface area contributed by atoms with Crippen LogP contribution in [0.4, 0.5) is 5.69 Å². The van der Waals surface area contributed by atoms with Gasteiger partial charge in [0.1, 0.15) is 0 Å². The normalized spacial score (nSPS) is 14.7. The molecule has 0 unspecified atom stereocenters. The zero-order valence-corrected chi connectivity index (χ0v) is 13.9. The molecule has 1 fully saturated rings. The lowest BCUT2D eigenvalue weighted by molar-refractivity contribution is -0.131. The maximum absolute atomic E-state index is 12.3. The summed E-state index contributed by atoms with van der Waals surface area (Å²) < 4.78 is 0. The number of aromatic nitrogens is 1. The van der Waals surface area contributed by atoms with Gasteiger partial charge in [0.25, 0.3) is 0 Å². The molecule has 2 heterocycles. The Balaban J connectivity index is 1.36. The largest absolute Gasteiger partial charge is 0.368 e. The number of benzene rings is 1. The first-order valence-electron chi connectivity index (χ1n) is 8.50. The first-order chi connectivity index (χ1) is 11.8. The molecule has 24 heavy (non-hydrogen) atoms. The molecule has 1 aromatic heterocycles. The van der Waals surface area contributed by atoms with E-state index in [2.05, 4.69) is 39.5 Å². The van der Waals surface area contributed by atoms with Crippen LogP contribution < -0.4 is 10.2 Å². The SMILES string of the molecule is O=C(CCNCc1cccnc1)N1CCN(c2ccccc2)CC1. The second kappa shape index (κ2) is 8.45. The van der Waals surface area contributed by atoms with E-state index < -0.39 is 0 Å². The molecule has 2 aromatic rings. The van der Waals surface area contributed by atoms with Gasteiger partial charge in [-0.15, -0.1) is 0 Å². The topological polar surface area (TPSA) is 48.5 Å². The van der Waals surface area contributed by atoms with Crippen molar-refractivity contribution in [1.82, 2.24) is 15.2 Å². The van der Waals surface area contributed by atoms with E-state index in [0.717, 1.165) is 38.3 Å². The number of amides is 1. The molecule has 1 N–H and O–H groups in total. The number of hydrogen-bond acceptors (Lipinski definition) is 4. The molecule has 1 aliphatic heterocycles. The summed E-state index contributed by atoms with van der Waals surface area (Å²) in [7, 11) is 0. The van der Waals surface area contributed by atoms with Crippen molar-refractivity contribution in [2.24, 2.45) is 0 Å². The molecule has 0 bridgehead atoms. The van der Waals surface area contributed by atoms with Crippen molar-refractivity contribution in [3.8, 4) is 0 Å². The maximum atomic E-state index is 12.3. The maximum Gasteiger partial charge on any atom is 0.223 e. The molecule has 3 rings (SSSR count). The third kappa shape index (κ3) is 4.55. The van der Waals surface area contributed by atoms with Gasteiger partial charge in [-0.3, -0.25) is 9.78 Å². The van der Waals surface area contributed by atoms with E-state index in [9.17, 15) is 4.79 Å². The van der Waals surface area contributed by atoms with E-state index in [1.807, 2.05) is 29.3 Å². The fourth-order valence-corrected chi connectivity index (χ4v) is 2.94. The number of pyridine rings is 1. The van der Waals surface area contributed by atoms with E-state index in [0.29, 0.717) is 13.0 Å². The molecule has 0 atom stereocenters. The van der Waals surface area contributed by atoms with Crippen LogP contribution in [-0.4, -0.2) is 48.5 Å². The van der Waals surface area contributed by atoms with Gasteiger partial charge >= 0.3 is 0 Å². The number of hydrogen-bond donors (Lipinski definition) is 1. The standard InChI is InChI=1S/C19H24N4O/c24-19(8-10-21-16-17-5-4-9-20-15-17)23-13-11-22(12-14-23)18-6-2-1-3-7-18/h1-7,9,15,21H,8,10-14,16H2. The summed E-state index contributed by atoms with van der Waals surface area (Å²) in [5.74, 6) is 0.237. The van der Waals surface area contributed by atoms with E-state index in [1.54, 1.807) is 6.20 Å². The molecular weight excluding hydrogens is 300 g/mol. The lowest BCUT2D eigenvalue weighted by Gasteiger charge is -2.36. The Morgan fingerprint density at radius 3 is 2.54 bits per heavy atom. The fraction of sp³-hybridized carbons (Fsp3) is 0.368. The molecule has 0 saturated carbocycles. The minimum absolute atomic E-state index is 0.237. The van der Waals surface area contributed by atoms with Crippen molar-refractivity contribution in [2.75, 3.05) is 37.6 Å². The van der Waals surface area contributed by atoms with Crippen molar-refractivity contribution in [3.63, 3.8) is 0 Å². The number of piperazine rings is 1. The highest BCUT2D eigenvalue weighted by molar-refractivity contribution is 5.76. The van der Waals surface area contributed by atoms with Crippen molar-refractivity contribution < 1.29 is 4.79 Å². The highest BCUT2D eigenvalue weighted by Gasteiger charge is 2.20. The molecule has 126 valence electrons. The van der Waals surface area contributed by atoms with Crippen LogP contribution in [0.25, 0.3) is 0 Å². The van der Waals surface area contributed by atoms with Crippen LogP contribution in [0.15, 0.2) is 54.9 Å². The van der Waals surface area contributed by atoms with Gasteiger partial charge in [-0.25, -0.2) is 0 Å². The van der Waals surface area contributed by atoms with Gasteiger partial charge in [-0.05, 0) is 23.8 Å². The summed E-state index contributed by atoms with van der Waals surface area (Å²) in [6.45, 7) is 4.86. The van der Waals surface area contributed by atoms with Gasteiger partial charge < -0.3 is 15.1 Å². The van der Waals surface area contributed by atoms with Crippen molar-refractivity contribution in [2.45, 2.75) is 13.0 Å². The highest BCUT2D eigenvalue weighted by atomic mass is 16.2. The number of rotatable bonds is 6. The average molecular weight is 324 g/mol. The Hall–Kier alpha value is -2.40. The van der Waals surface area contributed by atoms with Crippen molar-refractivity contribution >= 4 is 11.6 Å². The number of carbonyl (C=O) groups is 1. The lowest BCUT2D eigenvalue weighted by atomic mass is 10.2. The zero-order chi connectivity index (χ0) is 16.6. The predicted octanol–water partition coefficient (Wildman–Crippen LogP) is 1.91. The number of anilines is 1. The van der Waals surface area contributed by atoms with E-state index >= 15 is 0 Å². The quantitative estimate of drug-likeness (QED) is 0.825. The van der Waals surface area contributed by atoms with Crippen LogP contribution in [0.3, 0.4) is 0 Å². The Bertz CT molecular complexity index is 624. The molecule has 0 spiro atoms. The average Bonchev–Trinajstić information content (AvgIpc) is 2.67. The molecule has 0 radical (unpaired) electrons. The van der Waals surface area contributed by atoms with Gasteiger partial charge in [-0.1, -0.05) is 24.3 Å². The molecule has 0 aliphatic carbocycles. The van der Waals surface area contributed by atoms with Crippen LogP contribution in [0.5, 0.6) is 0 Å². The summed E-state index contributed by atoms with van der Waals surface area (Å²) in [5, 5.41) is 3.31. The highest BCUT2D eigenvalue weighted by Crippen LogP contribution is 2.15. The summed E-state index contributed by atoms with van der Waals surface area (Å²) in [6.07, 6.45) is 4.16. The zero-order valence-electron chi connectivity index (χ0n) is 13.9. The third-order valence-corrected chi connectivity index (χ3v) is 4.32. The lowest BCUT2D eigenvalue weighted by Crippen LogP contribution is -2.49. The minimum atomic E-state index is 0.237. The third-order valence-electron chi connectivity index (χ3n) is 4.32. The van der Waals surface area contributed by atoms with Crippen LogP contribution in [0, 0.1) is 0 Å². The molecule has 1 aromatic carbocycles. The summed E-state index contributed by atoms with van der Waals surface area (Å²) in [4.78, 5) is 20.7. The fourth-order valence-electron chi connectivity index (χ4n) is 2.94. The van der Waals surface area contributed by atoms with Gasteiger partial charge in [0.15, 0.2) is 0 Å². The molecule has 1 amide bonds. The Kier molecular flexibility index (Phi) is 5.80. The van der Waals surface area contributed by atoms with Crippen LogP contribution >= 0.6 is 0 Å². The van der Waals surface area contributed by atoms with Gasteiger partial charge in [-0.2, -0.15) is 0 Å².